The summed E-state index contributed by atoms with van der Waals surface area (Å²) in [7, 11) is 0. The molecule has 1 heterocycles. The Morgan fingerprint density at radius 3 is 2.50 bits per heavy atom. The Morgan fingerprint density at radius 1 is 1.21 bits per heavy atom. The Morgan fingerprint density at radius 2 is 1.88 bits per heavy atom. The normalized spacial score (nSPS) is 13.0. The number of ether oxygens (including phenoxy) is 1. The zero-order chi connectivity index (χ0) is 17.7. The van der Waals surface area contributed by atoms with Crippen LogP contribution in [0.3, 0.4) is 0 Å². The average Bonchev–Trinajstić information content (AvgIpc) is 2.55. The lowest BCUT2D eigenvalue weighted by molar-refractivity contribution is -0.129. The Bertz CT molecular complexity index is 737. The van der Waals surface area contributed by atoms with E-state index in [1.54, 1.807) is 25.1 Å². The smallest absolute Gasteiger partial charge is 0.342 e. The number of nitrogens with one attached hydrogen (secondary N) is 1. The van der Waals surface area contributed by atoms with Crippen molar-refractivity contribution < 1.29 is 18.7 Å². The third-order valence-electron chi connectivity index (χ3n) is 3.36. The van der Waals surface area contributed by atoms with Crippen LogP contribution in [-0.2, 0) is 9.53 Å². The van der Waals surface area contributed by atoms with Crippen molar-refractivity contribution in [3.63, 3.8) is 0 Å². The fraction of sp³-hybridized carbons (Fsp3) is 0.235. The van der Waals surface area contributed by atoms with Crippen LogP contribution in [0.25, 0.3) is 0 Å². The van der Waals surface area contributed by atoms with Gasteiger partial charge in [0.15, 0.2) is 6.10 Å². The van der Waals surface area contributed by atoms with Crippen molar-refractivity contribution in [3.8, 4) is 0 Å². The highest BCUT2D eigenvalue weighted by atomic mass is 35.5. The first-order chi connectivity index (χ1) is 11.4. The summed E-state index contributed by atoms with van der Waals surface area (Å²) >= 11 is 5.82. The van der Waals surface area contributed by atoms with Crippen LogP contribution in [0.1, 0.15) is 35.8 Å². The van der Waals surface area contributed by atoms with Crippen LogP contribution >= 0.6 is 11.6 Å². The van der Waals surface area contributed by atoms with E-state index in [2.05, 4.69) is 10.3 Å². The summed E-state index contributed by atoms with van der Waals surface area (Å²) in [6, 6.07) is 8.42. The fourth-order valence-corrected chi connectivity index (χ4v) is 2.18. The summed E-state index contributed by atoms with van der Waals surface area (Å²) in [5, 5.41) is 2.71. The summed E-state index contributed by atoms with van der Waals surface area (Å²) in [6.07, 6.45) is 0.427. The molecule has 1 aromatic carbocycles. The Kier molecular flexibility index (Phi) is 5.87. The van der Waals surface area contributed by atoms with Gasteiger partial charge in [0.05, 0.1) is 11.6 Å². The number of carbonyl (C=O) groups is 2. The largest absolute Gasteiger partial charge is 0.449 e. The topological polar surface area (TPSA) is 68.3 Å². The number of amides is 1. The maximum absolute atomic E-state index is 12.9. The highest BCUT2D eigenvalue weighted by molar-refractivity contribution is 6.32. The molecule has 1 aromatic heterocycles. The lowest BCUT2D eigenvalue weighted by Gasteiger charge is -2.18. The lowest BCUT2D eigenvalue weighted by Crippen LogP contribution is -2.37. The van der Waals surface area contributed by atoms with E-state index < -0.39 is 18.0 Å². The van der Waals surface area contributed by atoms with Crippen molar-refractivity contribution in [2.45, 2.75) is 26.0 Å². The minimum absolute atomic E-state index is 0.00906. The van der Waals surface area contributed by atoms with Gasteiger partial charge in [0.2, 0.25) is 0 Å². The van der Waals surface area contributed by atoms with Gasteiger partial charge in [-0.3, -0.25) is 4.79 Å². The van der Waals surface area contributed by atoms with Gasteiger partial charge in [0.25, 0.3) is 5.91 Å². The molecule has 2 atom stereocenters. The predicted octanol–water partition coefficient (Wildman–Crippen LogP) is 3.30. The molecule has 24 heavy (non-hydrogen) atoms. The Labute approximate surface area is 143 Å². The Hall–Kier alpha value is -2.47. The first kappa shape index (κ1) is 17.9. The fourth-order valence-electron chi connectivity index (χ4n) is 1.98. The van der Waals surface area contributed by atoms with E-state index in [1.807, 2.05) is 0 Å². The maximum Gasteiger partial charge on any atom is 0.342 e. The van der Waals surface area contributed by atoms with Crippen molar-refractivity contribution in [1.29, 1.82) is 0 Å². The van der Waals surface area contributed by atoms with E-state index in [4.69, 9.17) is 16.3 Å². The van der Waals surface area contributed by atoms with Crippen LogP contribution in [0, 0.1) is 5.82 Å². The summed E-state index contributed by atoms with van der Waals surface area (Å²) in [5.74, 6) is -1.56. The minimum atomic E-state index is -1.02. The number of nitrogens with zero attached hydrogens (tertiary/aromatic N) is 1. The highest BCUT2D eigenvalue weighted by Crippen LogP contribution is 2.15. The van der Waals surface area contributed by atoms with E-state index in [9.17, 15) is 14.0 Å². The van der Waals surface area contributed by atoms with Gasteiger partial charge < -0.3 is 10.1 Å². The molecule has 2 rings (SSSR count). The molecule has 2 unspecified atom stereocenters. The number of aromatic nitrogens is 1. The first-order valence-electron chi connectivity index (χ1n) is 7.26. The van der Waals surface area contributed by atoms with Crippen LogP contribution in [0.5, 0.6) is 0 Å². The number of esters is 1. The number of rotatable bonds is 5. The van der Waals surface area contributed by atoms with Crippen molar-refractivity contribution in [2.75, 3.05) is 0 Å². The number of benzene rings is 1. The predicted molar refractivity (Wildman–Crippen MR) is 87.1 cm³/mol. The van der Waals surface area contributed by atoms with E-state index in [1.165, 1.54) is 31.3 Å². The average molecular weight is 351 g/mol. The van der Waals surface area contributed by atoms with Crippen LogP contribution in [-0.4, -0.2) is 23.0 Å². The quantitative estimate of drug-likeness (QED) is 0.663. The maximum atomic E-state index is 12.9. The molecule has 0 saturated heterocycles. The molecule has 126 valence electrons. The van der Waals surface area contributed by atoms with Crippen LogP contribution < -0.4 is 5.32 Å². The second-order valence-corrected chi connectivity index (χ2v) is 5.53. The molecule has 0 aliphatic rings. The molecule has 0 spiro atoms. The van der Waals surface area contributed by atoms with Gasteiger partial charge in [-0.05, 0) is 43.7 Å². The molecule has 7 heteroatoms. The van der Waals surface area contributed by atoms with Gasteiger partial charge >= 0.3 is 5.97 Å². The third-order valence-corrected chi connectivity index (χ3v) is 3.66. The standard InChI is InChI=1S/C17H16ClFN2O3/c1-10(12-5-7-13(19)8-6-12)21-16(22)11(2)24-17(23)14-4-3-9-20-15(14)18/h3-11H,1-2H3,(H,21,22). The summed E-state index contributed by atoms with van der Waals surface area (Å²) < 4.78 is 18.0. The molecule has 0 radical (unpaired) electrons. The van der Waals surface area contributed by atoms with Gasteiger partial charge in [-0.15, -0.1) is 0 Å². The van der Waals surface area contributed by atoms with E-state index in [-0.39, 0.29) is 22.6 Å². The molecule has 0 bridgehead atoms. The summed E-state index contributed by atoms with van der Waals surface area (Å²) in [4.78, 5) is 27.9. The number of hydrogen-bond donors (Lipinski definition) is 1. The number of hydrogen-bond acceptors (Lipinski definition) is 4. The van der Waals surface area contributed by atoms with Gasteiger partial charge in [0, 0.05) is 6.20 Å². The van der Waals surface area contributed by atoms with Crippen molar-refractivity contribution in [1.82, 2.24) is 10.3 Å². The van der Waals surface area contributed by atoms with Crippen molar-refractivity contribution in [2.24, 2.45) is 0 Å². The molecule has 0 fully saturated rings. The molecule has 0 aliphatic heterocycles. The van der Waals surface area contributed by atoms with Gasteiger partial charge in [0.1, 0.15) is 11.0 Å². The molecule has 0 aliphatic carbocycles. The van der Waals surface area contributed by atoms with Crippen LogP contribution in [0.4, 0.5) is 4.39 Å². The number of halogens is 2. The SMILES string of the molecule is CC(OC(=O)c1cccnc1Cl)C(=O)NC(C)c1ccc(F)cc1. The van der Waals surface area contributed by atoms with E-state index >= 15 is 0 Å². The van der Waals surface area contributed by atoms with Gasteiger partial charge in [-0.1, -0.05) is 23.7 Å². The summed E-state index contributed by atoms with van der Waals surface area (Å²) in [6.45, 7) is 3.20. The lowest BCUT2D eigenvalue weighted by atomic mass is 10.1. The first-order valence-corrected chi connectivity index (χ1v) is 7.63. The number of pyridine rings is 1. The second-order valence-electron chi connectivity index (χ2n) is 5.17. The van der Waals surface area contributed by atoms with Gasteiger partial charge in [-0.25, -0.2) is 14.2 Å². The minimum Gasteiger partial charge on any atom is -0.449 e. The van der Waals surface area contributed by atoms with Crippen molar-refractivity contribution >= 4 is 23.5 Å². The zero-order valence-corrected chi connectivity index (χ0v) is 13.9. The molecule has 2 aromatic rings. The van der Waals surface area contributed by atoms with E-state index in [0.717, 1.165) is 5.56 Å². The Balaban J connectivity index is 1.95. The molecular formula is C17H16ClFN2O3. The van der Waals surface area contributed by atoms with Crippen molar-refractivity contribution in [3.05, 3.63) is 64.7 Å². The van der Waals surface area contributed by atoms with Crippen LogP contribution in [0.15, 0.2) is 42.6 Å². The van der Waals surface area contributed by atoms with Gasteiger partial charge in [-0.2, -0.15) is 0 Å². The monoisotopic (exact) mass is 350 g/mol. The second kappa shape index (κ2) is 7.88. The third kappa shape index (κ3) is 4.52. The zero-order valence-electron chi connectivity index (χ0n) is 13.1. The molecular weight excluding hydrogens is 335 g/mol. The molecule has 5 nitrogen and oxygen atoms in total. The molecule has 1 N–H and O–H groups in total. The molecule has 0 saturated carbocycles. The highest BCUT2D eigenvalue weighted by Gasteiger charge is 2.22. The van der Waals surface area contributed by atoms with E-state index in [0.29, 0.717) is 0 Å². The summed E-state index contributed by atoms with van der Waals surface area (Å²) in [5.41, 5.74) is 0.823. The molecule has 1 amide bonds. The number of carbonyl (C=O) groups excluding carboxylic acids is 2. The van der Waals surface area contributed by atoms with Crippen LogP contribution in [0.2, 0.25) is 5.15 Å².